The second-order valence-electron chi connectivity index (χ2n) is 11.4. The van der Waals surface area contributed by atoms with Gasteiger partial charge in [0.05, 0.1) is 11.4 Å². The van der Waals surface area contributed by atoms with Crippen LogP contribution in [0.4, 0.5) is 21.2 Å². The van der Waals surface area contributed by atoms with Crippen LogP contribution in [-0.4, -0.2) is 44.8 Å². The van der Waals surface area contributed by atoms with E-state index in [4.69, 9.17) is 5.10 Å². The van der Waals surface area contributed by atoms with Crippen LogP contribution < -0.4 is 21.0 Å². The molecule has 2 aromatic rings. The lowest BCUT2D eigenvalue weighted by molar-refractivity contribution is 0.242. The minimum Gasteiger partial charge on any atom is -0.338 e. The molecule has 0 unspecified atom stereocenters. The fourth-order valence-corrected chi connectivity index (χ4v) is 4.26. The van der Waals surface area contributed by atoms with E-state index >= 15 is 0 Å². The molecule has 10 heteroatoms. The molecule has 0 bridgehead atoms. The molecule has 0 saturated heterocycles. The lowest BCUT2D eigenvalue weighted by Crippen LogP contribution is -2.46. The zero-order chi connectivity index (χ0) is 27.7. The van der Waals surface area contributed by atoms with Crippen molar-refractivity contribution in [3.05, 3.63) is 23.5 Å². The van der Waals surface area contributed by atoms with E-state index in [2.05, 4.69) is 55.7 Å². The van der Waals surface area contributed by atoms with Crippen LogP contribution in [0, 0.1) is 0 Å². The normalized spacial score (nSPS) is 13.4. The van der Waals surface area contributed by atoms with Crippen molar-refractivity contribution in [2.75, 3.05) is 23.4 Å². The summed E-state index contributed by atoms with van der Waals surface area (Å²) in [5.41, 5.74) is 1.46. The van der Waals surface area contributed by atoms with Crippen LogP contribution in [0.1, 0.15) is 116 Å². The summed E-state index contributed by atoms with van der Waals surface area (Å²) < 4.78 is 1.72. The van der Waals surface area contributed by atoms with Crippen LogP contribution >= 0.6 is 0 Å². The minimum atomic E-state index is -0.313. The van der Waals surface area contributed by atoms with E-state index in [0.29, 0.717) is 30.6 Å². The van der Waals surface area contributed by atoms with Gasteiger partial charge in [-0.1, -0.05) is 73.1 Å². The van der Waals surface area contributed by atoms with Gasteiger partial charge in [-0.05, 0) is 25.7 Å². The van der Waals surface area contributed by atoms with Gasteiger partial charge < -0.3 is 10.6 Å². The van der Waals surface area contributed by atoms with Gasteiger partial charge in [0.2, 0.25) is 0 Å². The number of amides is 4. The van der Waals surface area contributed by atoms with Crippen LogP contribution in [0.25, 0.3) is 0 Å². The number of nitrogens with one attached hydrogen (secondary N) is 3. The van der Waals surface area contributed by atoms with Crippen molar-refractivity contribution < 1.29 is 9.59 Å². The molecule has 2 heterocycles. The summed E-state index contributed by atoms with van der Waals surface area (Å²) >= 11 is 0. The first-order chi connectivity index (χ1) is 18.2. The van der Waals surface area contributed by atoms with Gasteiger partial charge in [0.15, 0.2) is 11.6 Å². The van der Waals surface area contributed by atoms with Crippen molar-refractivity contribution in [2.24, 2.45) is 7.05 Å². The number of hydrogen-bond donors (Lipinski definition) is 3. The number of carbonyl (C=O) groups is 2. The first kappa shape index (κ1) is 29.5. The molecule has 3 N–H and O–H groups in total. The van der Waals surface area contributed by atoms with Crippen molar-refractivity contribution >= 4 is 23.7 Å². The number of rotatable bonds is 14. The van der Waals surface area contributed by atoms with E-state index in [9.17, 15) is 9.59 Å². The second kappa shape index (κ2) is 13.7. The number of aromatic nitrogens is 4. The molecule has 0 aliphatic heterocycles. The molecule has 0 aromatic carbocycles. The summed E-state index contributed by atoms with van der Waals surface area (Å²) in [6, 6.07) is 3.19. The molecule has 38 heavy (non-hydrogen) atoms. The van der Waals surface area contributed by atoms with E-state index in [-0.39, 0.29) is 17.5 Å². The second-order valence-corrected chi connectivity index (χ2v) is 11.4. The van der Waals surface area contributed by atoms with Crippen LogP contribution in [0.5, 0.6) is 0 Å². The van der Waals surface area contributed by atoms with Gasteiger partial charge in [0.25, 0.3) is 0 Å². The number of aryl methyl sites for hydroxylation is 1. The summed E-state index contributed by atoms with van der Waals surface area (Å²) in [7, 11) is 1.84. The van der Waals surface area contributed by atoms with Crippen LogP contribution in [-0.2, 0) is 12.5 Å². The zero-order valence-electron chi connectivity index (χ0n) is 24.3. The summed E-state index contributed by atoms with van der Waals surface area (Å²) in [4.78, 5) is 28.0. The van der Waals surface area contributed by atoms with Crippen LogP contribution in [0.15, 0.2) is 12.1 Å². The van der Waals surface area contributed by atoms with Gasteiger partial charge in [-0.15, -0.1) is 4.79 Å². The molecule has 1 fully saturated rings. The van der Waals surface area contributed by atoms with E-state index in [0.717, 1.165) is 75.6 Å². The van der Waals surface area contributed by atoms with Gasteiger partial charge in [0.1, 0.15) is 0 Å². The fourth-order valence-electron chi connectivity index (χ4n) is 4.26. The molecule has 0 radical (unpaired) electrons. The smallest absolute Gasteiger partial charge is 0.338 e. The van der Waals surface area contributed by atoms with Gasteiger partial charge >= 0.3 is 12.1 Å². The van der Waals surface area contributed by atoms with Gasteiger partial charge in [-0.3, -0.25) is 10.00 Å². The molecule has 1 aliphatic rings. The van der Waals surface area contributed by atoms with E-state index in [1.54, 1.807) is 4.68 Å². The number of nitrogens with zero attached hydrogens (tertiary/aromatic N) is 5. The fraction of sp³-hybridized carbons (Fsp3) is 0.714. The Morgan fingerprint density at radius 2 is 1.58 bits per heavy atom. The van der Waals surface area contributed by atoms with Crippen molar-refractivity contribution in [3.63, 3.8) is 0 Å². The topological polar surface area (TPSA) is 109 Å². The van der Waals surface area contributed by atoms with E-state index in [1.165, 1.54) is 9.80 Å². The van der Waals surface area contributed by atoms with Gasteiger partial charge in [-0.25, -0.2) is 9.59 Å². The van der Waals surface area contributed by atoms with E-state index < -0.39 is 0 Å². The maximum absolute atomic E-state index is 13.7. The Morgan fingerprint density at radius 1 is 0.947 bits per heavy atom. The number of urea groups is 2. The third-order valence-corrected chi connectivity index (χ3v) is 6.79. The third-order valence-electron chi connectivity index (χ3n) is 6.79. The zero-order valence-corrected chi connectivity index (χ0v) is 24.3. The maximum Gasteiger partial charge on any atom is 0.344 e. The largest absolute Gasteiger partial charge is 0.344 e. The Balaban J connectivity index is 1.90. The minimum absolute atomic E-state index is 0.285. The Kier molecular flexibility index (Phi) is 10.6. The van der Waals surface area contributed by atoms with Crippen molar-refractivity contribution in [1.29, 1.82) is 0 Å². The molecule has 3 rings (SSSR count). The summed E-state index contributed by atoms with van der Waals surface area (Å²) in [6.45, 7) is 11.7. The molecule has 0 spiro atoms. The van der Waals surface area contributed by atoms with Gasteiger partial charge in [-0.2, -0.15) is 15.2 Å². The number of unbranched alkanes of at least 4 members (excludes halogenated alkanes) is 6. The van der Waals surface area contributed by atoms with Crippen LogP contribution in [0.2, 0.25) is 0 Å². The Labute approximate surface area is 227 Å². The molecule has 0 atom stereocenters. The lowest BCUT2D eigenvalue weighted by Gasteiger charge is -2.24. The lowest BCUT2D eigenvalue weighted by atomic mass is 9.92. The highest BCUT2D eigenvalue weighted by Gasteiger charge is 2.32. The molecule has 1 aliphatic carbocycles. The molecular weight excluding hydrogens is 480 g/mol. The Bertz CT molecular complexity index is 1050. The van der Waals surface area contributed by atoms with Crippen molar-refractivity contribution in [2.45, 2.75) is 110 Å². The standard InChI is InChI=1S/C28H48N8O2/c1-7-9-11-13-17-29-26(37)31-24-20-23(28(3,4)5)33-36(24)35(27(38)30-18-14-12-10-8-2)25-19-22(21-15-16-21)32-34(25)6/h19-21H,7-18H2,1-6H3,(H,30,38)(H2,29,31,37). The van der Waals surface area contributed by atoms with Crippen molar-refractivity contribution in [3.8, 4) is 0 Å². The third kappa shape index (κ3) is 8.23. The molecule has 212 valence electrons. The molecule has 10 nitrogen and oxygen atoms in total. The highest BCUT2D eigenvalue weighted by Crippen LogP contribution is 2.40. The highest BCUT2D eigenvalue weighted by molar-refractivity contribution is 5.93. The highest BCUT2D eigenvalue weighted by atomic mass is 16.2. The summed E-state index contributed by atoms with van der Waals surface area (Å²) in [5, 5.41) is 19.9. The average Bonchev–Trinajstić information content (AvgIpc) is 3.52. The summed E-state index contributed by atoms with van der Waals surface area (Å²) in [6.07, 6.45) is 10.8. The molecular formula is C28H48N8O2. The molecule has 2 aromatic heterocycles. The van der Waals surface area contributed by atoms with Crippen LogP contribution in [0.3, 0.4) is 0 Å². The molecule has 1 saturated carbocycles. The first-order valence-corrected chi connectivity index (χ1v) is 14.4. The molecule has 4 amide bonds. The van der Waals surface area contributed by atoms with Gasteiger partial charge in [0, 0.05) is 43.6 Å². The number of anilines is 2. The first-order valence-electron chi connectivity index (χ1n) is 14.4. The predicted molar refractivity (Wildman–Crippen MR) is 153 cm³/mol. The number of hydrogen-bond acceptors (Lipinski definition) is 4. The Morgan fingerprint density at radius 3 is 2.16 bits per heavy atom. The average molecular weight is 529 g/mol. The Hall–Kier alpha value is -3.04. The number of carbonyl (C=O) groups excluding carboxylic acids is 2. The van der Waals surface area contributed by atoms with Crippen molar-refractivity contribution in [1.82, 2.24) is 30.3 Å². The maximum atomic E-state index is 13.7. The quantitative estimate of drug-likeness (QED) is 0.259. The summed E-state index contributed by atoms with van der Waals surface area (Å²) in [5.74, 6) is 1.47. The van der Waals surface area contributed by atoms with E-state index in [1.807, 2.05) is 19.2 Å². The SMILES string of the molecule is CCCCCCNC(=O)Nc1cc(C(C)(C)C)nn1N(C(=O)NCCCCCC)c1cc(C2CC2)nn1C. The predicted octanol–water partition coefficient (Wildman–Crippen LogP) is 6.05. The monoisotopic (exact) mass is 528 g/mol.